The van der Waals surface area contributed by atoms with Gasteiger partial charge in [0.1, 0.15) is 5.01 Å². The molecule has 0 aromatic carbocycles. The smallest absolute Gasteiger partial charge is 0.110 e. The van der Waals surface area contributed by atoms with E-state index in [1.807, 2.05) is 17.5 Å². The average molecular weight is 236 g/mol. The summed E-state index contributed by atoms with van der Waals surface area (Å²) in [5.74, 6) is 1.79. The van der Waals surface area contributed by atoms with Crippen LogP contribution in [0, 0.1) is 18.8 Å². The maximum Gasteiger partial charge on any atom is 0.110 e. The van der Waals surface area contributed by atoms with Gasteiger partial charge >= 0.3 is 0 Å². The van der Waals surface area contributed by atoms with E-state index in [0.717, 1.165) is 11.8 Å². The summed E-state index contributed by atoms with van der Waals surface area (Å²) in [6.07, 6.45) is 7.62. The molecule has 2 aliphatic rings. The summed E-state index contributed by atoms with van der Waals surface area (Å²) in [6, 6.07) is 1.21. The molecule has 0 unspecified atom stereocenters. The van der Waals surface area contributed by atoms with Gasteiger partial charge in [-0.1, -0.05) is 0 Å². The van der Waals surface area contributed by atoms with Gasteiger partial charge < -0.3 is 5.32 Å². The van der Waals surface area contributed by atoms with Crippen molar-refractivity contribution in [1.29, 1.82) is 0 Å². The largest absolute Gasteiger partial charge is 0.305 e. The Bertz CT molecular complexity index is 366. The Morgan fingerprint density at radius 1 is 1.31 bits per heavy atom. The first kappa shape index (κ1) is 10.7. The Hall–Kier alpha value is -0.410. The van der Waals surface area contributed by atoms with E-state index in [9.17, 15) is 0 Å². The third-order valence-electron chi connectivity index (χ3n) is 3.77. The molecule has 0 spiro atoms. The molecular weight excluding hydrogens is 216 g/mol. The highest BCUT2D eigenvalue weighted by Crippen LogP contribution is 2.43. The number of thiazole rings is 1. The number of nitrogens with zero attached hydrogens (tertiary/aromatic N) is 1. The molecule has 2 nitrogen and oxygen atoms in total. The number of aryl methyl sites for hydroxylation is 1. The maximum atomic E-state index is 4.57. The highest BCUT2D eigenvalue weighted by molar-refractivity contribution is 7.11. The van der Waals surface area contributed by atoms with Crippen LogP contribution in [-0.2, 0) is 0 Å². The van der Waals surface area contributed by atoms with E-state index >= 15 is 0 Å². The molecule has 2 atom stereocenters. The molecule has 16 heavy (non-hydrogen) atoms. The van der Waals surface area contributed by atoms with Crippen molar-refractivity contribution >= 4 is 11.3 Å². The Morgan fingerprint density at radius 3 is 2.50 bits per heavy atom. The minimum Gasteiger partial charge on any atom is -0.305 e. The Labute approximate surface area is 101 Å². The number of aromatic nitrogens is 1. The van der Waals surface area contributed by atoms with Gasteiger partial charge in [-0.25, -0.2) is 4.98 Å². The molecule has 3 heteroatoms. The summed E-state index contributed by atoms with van der Waals surface area (Å²) in [5, 5.41) is 5.13. The lowest BCUT2D eigenvalue weighted by Crippen LogP contribution is -2.33. The van der Waals surface area contributed by atoms with Crippen molar-refractivity contribution in [3.05, 3.63) is 16.1 Å². The van der Waals surface area contributed by atoms with Crippen LogP contribution in [0.4, 0.5) is 0 Å². The van der Waals surface area contributed by atoms with Crippen molar-refractivity contribution in [2.24, 2.45) is 11.8 Å². The van der Waals surface area contributed by atoms with E-state index in [1.54, 1.807) is 0 Å². The molecule has 0 radical (unpaired) electrons. The lowest BCUT2D eigenvalue weighted by Gasteiger charge is -2.21. The first-order valence-corrected chi connectivity index (χ1v) is 7.24. The van der Waals surface area contributed by atoms with Gasteiger partial charge in [0.25, 0.3) is 0 Å². The Balaban J connectivity index is 1.70. The summed E-state index contributed by atoms with van der Waals surface area (Å²) in [6.45, 7) is 4.49. The minimum atomic E-state index is 0.536. The van der Waals surface area contributed by atoms with Crippen LogP contribution in [0.2, 0.25) is 0 Å². The second kappa shape index (κ2) is 4.11. The molecule has 0 saturated heterocycles. The van der Waals surface area contributed by atoms with Crippen molar-refractivity contribution in [2.45, 2.75) is 51.6 Å². The SMILES string of the molecule is Cc1cnc([C@@H](N[C@@H](C)C2CC2)C2CC2)s1. The zero-order chi connectivity index (χ0) is 11.1. The number of hydrogen-bond acceptors (Lipinski definition) is 3. The predicted molar refractivity (Wildman–Crippen MR) is 67.6 cm³/mol. The molecule has 2 fully saturated rings. The normalized spacial score (nSPS) is 24.4. The van der Waals surface area contributed by atoms with Crippen LogP contribution in [0.15, 0.2) is 6.20 Å². The van der Waals surface area contributed by atoms with Crippen molar-refractivity contribution < 1.29 is 0 Å². The Morgan fingerprint density at radius 2 is 2.00 bits per heavy atom. The minimum absolute atomic E-state index is 0.536. The van der Waals surface area contributed by atoms with E-state index in [2.05, 4.69) is 24.1 Å². The topological polar surface area (TPSA) is 24.9 Å². The predicted octanol–water partition coefficient (Wildman–Crippen LogP) is 3.29. The number of rotatable bonds is 5. The monoisotopic (exact) mass is 236 g/mol. The van der Waals surface area contributed by atoms with Crippen molar-refractivity contribution in [3.8, 4) is 0 Å². The van der Waals surface area contributed by atoms with E-state index in [1.165, 1.54) is 35.6 Å². The van der Waals surface area contributed by atoms with E-state index in [-0.39, 0.29) is 0 Å². The van der Waals surface area contributed by atoms with Gasteiger partial charge in [-0.2, -0.15) is 0 Å². The van der Waals surface area contributed by atoms with Crippen molar-refractivity contribution in [1.82, 2.24) is 10.3 Å². The van der Waals surface area contributed by atoms with E-state index < -0.39 is 0 Å². The molecule has 0 bridgehead atoms. The van der Waals surface area contributed by atoms with Gasteiger partial charge in [-0.05, 0) is 51.4 Å². The molecule has 1 heterocycles. The van der Waals surface area contributed by atoms with Crippen LogP contribution < -0.4 is 5.32 Å². The fourth-order valence-electron chi connectivity index (χ4n) is 2.37. The summed E-state index contributed by atoms with van der Waals surface area (Å²) in [7, 11) is 0. The molecule has 2 aliphatic carbocycles. The van der Waals surface area contributed by atoms with Crippen molar-refractivity contribution in [3.63, 3.8) is 0 Å². The first-order chi connectivity index (χ1) is 7.74. The molecule has 0 aliphatic heterocycles. The highest BCUT2D eigenvalue weighted by Gasteiger charge is 2.37. The van der Waals surface area contributed by atoms with Gasteiger partial charge in [0.15, 0.2) is 0 Å². The zero-order valence-corrected chi connectivity index (χ0v) is 10.9. The fraction of sp³-hybridized carbons (Fsp3) is 0.769. The van der Waals surface area contributed by atoms with Crippen LogP contribution in [0.25, 0.3) is 0 Å². The van der Waals surface area contributed by atoms with Crippen LogP contribution in [0.1, 0.15) is 48.5 Å². The van der Waals surface area contributed by atoms with E-state index in [0.29, 0.717) is 12.1 Å². The lowest BCUT2D eigenvalue weighted by molar-refractivity contribution is 0.391. The fourth-order valence-corrected chi connectivity index (χ4v) is 3.30. The van der Waals surface area contributed by atoms with Crippen LogP contribution in [-0.4, -0.2) is 11.0 Å². The molecule has 1 aromatic rings. The second-order valence-corrected chi connectivity index (χ2v) is 6.68. The van der Waals surface area contributed by atoms with E-state index in [4.69, 9.17) is 0 Å². The van der Waals surface area contributed by atoms with Gasteiger partial charge in [0.05, 0.1) is 6.04 Å². The lowest BCUT2D eigenvalue weighted by atomic mass is 10.1. The van der Waals surface area contributed by atoms with Gasteiger partial charge in [-0.15, -0.1) is 11.3 Å². The molecule has 1 N–H and O–H groups in total. The standard InChI is InChI=1S/C13H20N2S/c1-8-7-14-13(16-8)12(11-5-6-11)15-9(2)10-3-4-10/h7,9-12,15H,3-6H2,1-2H3/t9-,12-/m0/s1. The molecule has 3 rings (SSSR count). The summed E-state index contributed by atoms with van der Waals surface area (Å²) in [4.78, 5) is 5.90. The third kappa shape index (κ3) is 2.30. The molecule has 1 aromatic heterocycles. The Kier molecular flexibility index (Phi) is 2.76. The van der Waals surface area contributed by atoms with Crippen molar-refractivity contribution in [2.75, 3.05) is 0 Å². The second-order valence-electron chi connectivity index (χ2n) is 5.42. The molecule has 88 valence electrons. The zero-order valence-electron chi connectivity index (χ0n) is 10.1. The summed E-state index contributed by atoms with van der Waals surface area (Å²) in [5.41, 5.74) is 0. The molecule has 0 amide bonds. The molecule has 2 saturated carbocycles. The third-order valence-corrected chi connectivity index (χ3v) is 4.77. The van der Waals surface area contributed by atoms with Gasteiger partial charge in [0.2, 0.25) is 0 Å². The first-order valence-electron chi connectivity index (χ1n) is 6.42. The van der Waals surface area contributed by atoms with Gasteiger partial charge in [-0.3, -0.25) is 0 Å². The summed E-state index contributed by atoms with van der Waals surface area (Å²) >= 11 is 1.86. The maximum absolute atomic E-state index is 4.57. The number of nitrogens with one attached hydrogen (secondary N) is 1. The molecular formula is C13H20N2S. The summed E-state index contributed by atoms with van der Waals surface area (Å²) < 4.78 is 0. The highest BCUT2D eigenvalue weighted by atomic mass is 32.1. The average Bonchev–Trinajstić information content (AvgIpc) is 3.13. The van der Waals surface area contributed by atoms with Crippen LogP contribution in [0.5, 0.6) is 0 Å². The number of hydrogen-bond donors (Lipinski definition) is 1. The quantitative estimate of drug-likeness (QED) is 0.848. The van der Waals surface area contributed by atoms with Gasteiger partial charge in [0, 0.05) is 17.1 Å². The van der Waals surface area contributed by atoms with Crippen LogP contribution in [0.3, 0.4) is 0 Å². The van der Waals surface area contributed by atoms with Crippen LogP contribution >= 0.6 is 11.3 Å².